The van der Waals surface area contributed by atoms with Gasteiger partial charge in [-0.2, -0.15) is 0 Å². The van der Waals surface area contributed by atoms with Gasteiger partial charge < -0.3 is 10.0 Å². The van der Waals surface area contributed by atoms with E-state index < -0.39 is 7.12 Å². The maximum Gasteiger partial charge on any atom is 0.489 e. The van der Waals surface area contributed by atoms with Crippen LogP contribution in [0.3, 0.4) is 0 Å². The summed E-state index contributed by atoms with van der Waals surface area (Å²) >= 11 is 0. The van der Waals surface area contributed by atoms with Crippen LogP contribution in [0, 0.1) is 0 Å². The molecule has 0 aliphatic carbocycles. The molecule has 2 nitrogen and oxygen atoms in total. The van der Waals surface area contributed by atoms with Crippen molar-refractivity contribution < 1.29 is 10.0 Å². The highest BCUT2D eigenvalue weighted by Gasteiger charge is 2.24. The first-order valence-electron chi connectivity index (χ1n) is 11.4. The van der Waals surface area contributed by atoms with Gasteiger partial charge in [-0.25, -0.2) is 0 Å². The summed E-state index contributed by atoms with van der Waals surface area (Å²) in [5.74, 6) is 0. The highest BCUT2D eigenvalue weighted by Crippen LogP contribution is 2.37. The Morgan fingerprint density at radius 3 is 1.97 bits per heavy atom. The number of rotatable bonds is 5. The minimum absolute atomic E-state index is 0.481. The second kappa shape index (κ2) is 9.15. The van der Waals surface area contributed by atoms with Gasteiger partial charge in [-0.3, -0.25) is 0 Å². The quantitative estimate of drug-likeness (QED) is 0.299. The Morgan fingerprint density at radius 2 is 1.29 bits per heavy atom. The first-order valence-corrected chi connectivity index (χ1v) is 11.4. The van der Waals surface area contributed by atoms with Crippen LogP contribution in [0.15, 0.2) is 104 Å². The maximum atomic E-state index is 10.2. The minimum Gasteiger partial charge on any atom is -0.423 e. The van der Waals surface area contributed by atoms with E-state index in [-0.39, 0.29) is 0 Å². The molecule has 0 atom stereocenters. The van der Waals surface area contributed by atoms with E-state index in [1.165, 1.54) is 16.3 Å². The molecule has 0 fully saturated rings. The Balaban J connectivity index is 1.76. The maximum absolute atomic E-state index is 10.2. The van der Waals surface area contributed by atoms with Crippen molar-refractivity contribution in [3.63, 3.8) is 0 Å². The predicted octanol–water partition coefficient (Wildman–Crippen LogP) is 6.68. The third kappa shape index (κ3) is 3.65. The molecular weight excluding hydrogens is 415 g/mol. The Hall–Kier alpha value is -3.92. The van der Waals surface area contributed by atoms with Crippen LogP contribution in [0.2, 0.25) is 0 Å². The molecule has 0 radical (unpaired) electrons. The van der Waals surface area contributed by atoms with Crippen molar-refractivity contribution in [2.45, 2.75) is 6.92 Å². The zero-order valence-corrected chi connectivity index (χ0v) is 19.1. The van der Waals surface area contributed by atoms with Crippen molar-refractivity contribution in [3.05, 3.63) is 115 Å². The second-order valence-electron chi connectivity index (χ2n) is 8.34. The van der Waals surface area contributed by atoms with Crippen LogP contribution in [0.1, 0.15) is 18.1 Å². The summed E-state index contributed by atoms with van der Waals surface area (Å²) in [6.45, 7) is 5.95. The van der Waals surface area contributed by atoms with Gasteiger partial charge in [-0.15, -0.1) is 0 Å². The molecule has 0 spiro atoms. The largest absolute Gasteiger partial charge is 0.489 e. The molecule has 0 aliphatic heterocycles. The van der Waals surface area contributed by atoms with Gasteiger partial charge in [0, 0.05) is 0 Å². The fourth-order valence-corrected chi connectivity index (χ4v) is 4.95. The lowest BCUT2D eigenvalue weighted by molar-refractivity contribution is 0.426. The zero-order chi connectivity index (χ0) is 23.7. The third-order valence-electron chi connectivity index (χ3n) is 6.41. The molecule has 5 aromatic carbocycles. The molecule has 0 aliphatic rings. The SMILES string of the molecule is C=Cc1c(/C=C\C)c(-c2ccc(-c3cccc4ccccc34)cc2)c2ccccc2c1B(O)O. The van der Waals surface area contributed by atoms with Crippen molar-refractivity contribution in [1.29, 1.82) is 0 Å². The van der Waals surface area contributed by atoms with Gasteiger partial charge in [0.25, 0.3) is 0 Å². The van der Waals surface area contributed by atoms with E-state index in [4.69, 9.17) is 0 Å². The monoisotopic (exact) mass is 440 g/mol. The van der Waals surface area contributed by atoms with Crippen LogP contribution in [0.25, 0.3) is 56.0 Å². The molecule has 5 aromatic rings. The summed E-state index contributed by atoms with van der Waals surface area (Å²) in [6, 6.07) is 31.3. The Morgan fingerprint density at radius 1 is 0.676 bits per heavy atom. The first kappa shape index (κ1) is 21.9. The van der Waals surface area contributed by atoms with Crippen LogP contribution < -0.4 is 5.46 Å². The molecule has 164 valence electrons. The molecular formula is C31H25BO2. The smallest absolute Gasteiger partial charge is 0.423 e. The van der Waals surface area contributed by atoms with E-state index in [0.29, 0.717) is 5.46 Å². The van der Waals surface area contributed by atoms with Crippen LogP contribution in [-0.2, 0) is 0 Å². The summed E-state index contributed by atoms with van der Waals surface area (Å²) in [4.78, 5) is 0. The number of benzene rings is 5. The number of allylic oxidation sites excluding steroid dienone is 1. The van der Waals surface area contributed by atoms with E-state index in [1.54, 1.807) is 6.08 Å². The number of fused-ring (bicyclic) bond motifs is 2. The Bertz CT molecular complexity index is 1540. The lowest BCUT2D eigenvalue weighted by Crippen LogP contribution is -2.33. The molecule has 5 rings (SSSR count). The van der Waals surface area contributed by atoms with Crippen LogP contribution in [0.5, 0.6) is 0 Å². The highest BCUT2D eigenvalue weighted by atomic mass is 16.4. The molecule has 0 unspecified atom stereocenters. The summed E-state index contributed by atoms with van der Waals surface area (Å²) in [7, 11) is -1.59. The average Bonchev–Trinajstić information content (AvgIpc) is 2.87. The highest BCUT2D eigenvalue weighted by molar-refractivity contribution is 6.63. The molecule has 3 heteroatoms. The second-order valence-corrected chi connectivity index (χ2v) is 8.34. The molecule has 0 saturated heterocycles. The fourth-order valence-electron chi connectivity index (χ4n) is 4.95. The van der Waals surface area contributed by atoms with Crippen LogP contribution in [-0.4, -0.2) is 17.2 Å². The molecule has 0 aromatic heterocycles. The van der Waals surface area contributed by atoms with E-state index >= 15 is 0 Å². The summed E-state index contributed by atoms with van der Waals surface area (Å²) < 4.78 is 0. The Labute approximate surface area is 200 Å². The summed E-state index contributed by atoms with van der Waals surface area (Å²) in [5, 5.41) is 24.7. The average molecular weight is 440 g/mol. The molecule has 0 saturated carbocycles. The van der Waals surface area contributed by atoms with Gasteiger partial charge in [0.1, 0.15) is 0 Å². The zero-order valence-electron chi connectivity index (χ0n) is 19.1. The normalized spacial score (nSPS) is 11.4. The number of hydrogen-bond acceptors (Lipinski definition) is 2. The van der Waals surface area contributed by atoms with Gasteiger partial charge in [0.05, 0.1) is 0 Å². The van der Waals surface area contributed by atoms with E-state index in [2.05, 4.69) is 73.3 Å². The van der Waals surface area contributed by atoms with Crippen molar-refractivity contribution >= 4 is 46.3 Å². The van der Waals surface area contributed by atoms with Crippen LogP contribution >= 0.6 is 0 Å². The fraction of sp³-hybridized carbons (Fsp3) is 0.0323. The van der Waals surface area contributed by atoms with E-state index in [1.807, 2.05) is 43.3 Å². The summed E-state index contributed by atoms with van der Waals surface area (Å²) in [5.41, 5.74) is 6.62. The lowest BCUT2D eigenvalue weighted by Gasteiger charge is -2.20. The van der Waals surface area contributed by atoms with Gasteiger partial charge in [-0.05, 0) is 67.3 Å². The summed E-state index contributed by atoms with van der Waals surface area (Å²) in [6.07, 6.45) is 5.70. The molecule has 0 bridgehead atoms. The van der Waals surface area contributed by atoms with Gasteiger partial charge in [0.2, 0.25) is 0 Å². The lowest BCUT2D eigenvalue weighted by atomic mass is 9.70. The van der Waals surface area contributed by atoms with Gasteiger partial charge >= 0.3 is 7.12 Å². The van der Waals surface area contributed by atoms with Crippen LogP contribution in [0.4, 0.5) is 0 Å². The molecule has 34 heavy (non-hydrogen) atoms. The third-order valence-corrected chi connectivity index (χ3v) is 6.41. The number of hydrogen-bond donors (Lipinski definition) is 2. The topological polar surface area (TPSA) is 40.5 Å². The molecule has 0 heterocycles. The predicted molar refractivity (Wildman–Crippen MR) is 147 cm³/mol. The van der Waals surface area contributed by atoms with Crippen molar-refractivity contribution in [2.24, 2.45) is 0 Å². The van der Waals surface area contributed by atoms with Crippen molar-refractivity contribution in [1.82, 2.24) is 0 Å². The van der Waals surface area contributed by atoms with Gasteiger partial charge in [-0.1, -0.05) is 116 Å². The standard InChI is InChI=1S/C31H25BO2/c1-3-10-27-24(4-2)31(32(33)34)29-15-8-7-14-28(29)30(27)23-19-17-22(18-20-23)26-16-9-12-21-11-5-6-13-25(21)26/h3-20,33-34H,2H2,1H3/b10-3-. The Kier molecular flexibility index (Phi) is 5.89. The van der Waals surface area contributed by atoms with E-state index in [9.17, 15) is 10.0 Å². The van der Waals surface area contributed by atoms with Crippen molar-refractivity contribution in [3.8, 4) is 22.3 Å². The van der Waals surface area contributed by atoms with Gasteiger partial charge in [0.15, 0.2) is 0 Å². The minimum atomic E-state index is -1.59. The molecule has 2 N–H and O–H groups in total. The van der Waals surface area contributed by atoms with E-state index in [0.717, 1.165) is 38.6 Å². The molecule has 0 amide bonds. The van der Waals surface area contributed by atoms with Crippen molar-refractivity contribution in [2.75, 3.05) is 0 Å². The first-order chi connectivity index (χ1) is 16.6.